The molecule has 0 amide bonds. The van der Waals surface area contributed by atoms with E-state index in [4.69, 9.17) is 0 Å². The molecule has 1 unspecified atom stereocenters. The predicted octanol–water partition coefficient (Wildman–Crippen LogP) is 0.502. The molecule has 0 bridgehead atoms. The van der Waals surface area contributed by atoms with E-state index in [1.54, 1.807) is 0 Å². The normalized spacial score (nSPS) is 13.4. The Hall–Kier alpha value is -0.870. The fourth-order valence-electron chi connectivity index (χ4n) is 1.36. The molecule has 0 spiro atoms. The average molecular weight is 210 g/mol. The number of rotatable bonds is 6. The Kier molecular flexibility index (Phi) is 4.78. The SMILES string of the molecule is CC(CNCCc1ccnn1C)N(C)C. The second-order valence-corrected chi connectivity index (χ2v) is 4.21. The summed E-state index contributed by atoms with van der Waals surface area (Å²) in [6.07, 6.45) is 2.88. The van der Waals surface area contributed by atoms with Crippen molar-refractivity contribution < 1.29 is 0 Å². The standard InChI is InChI=1S/C11H22N4/c1-10(14(2)3)9-12-7-5-11-6-8-13-15(11)4/h6,8,10,12H,5,7,9H2,1-4H3. The lowest BCUT2D eigenvalue weighted by Crippen LogP contribution is -2.36. The zero-order chi connectivity index (χ0) is 11.3. The van der Waals surface area contributed by atoms with Crippen LogP contribution in [0.4, 0.5) is 0 Å². The fraction of sp³-hybridized carbons (Fsp3) is 0.727. The lowest BCUT2D eigenvalue weighted by atomic mass is 10.3. The summed E-state index contributed by atoms with van der Waals surface area (Å²) in [5.74, 6) is 0. The number of nitrogens with one attached hydrogen (secondary N) is 1. The van der Waals surface area contributed by atoms with Gasteiger partial charge in [0.15, 0.2) is 0 Å². The van der Waals surface area contributed by atoms with Crippen molar-refractivity contribution in [2.75, 3.05) is 27.2 Å². The van der Waals surface area contributed by atoms with E-state index in [0.29, 0.717) is 6.04 Å². The average Bonchev–Trinajstić information content (AvgIpc) is 2.58. The monoisotopic (exact) mass is 210 g/mol. The molecule has 0 saturated heterocycles. The molecule has 4 heteroatoms. The molecule has 0 fully saturated rings. The molecule has 1 aromatic heterocycles. The van der Waals surface area contributed by atoms with Gasteiger partial charge in [-0.15, -0.1) is 0 Å². The highest BCUT2D eigenvalue weighted by atomic mass is 15.3. The van der Waals surface area contributed by atoms with Crippen LogP contribution >= 0.6 is 0 Å². The molecule has 0 aromatic carbocycles. The maximum Gasteiger partial charge on any atom is 0.0492 e. The van der Waals surface area contributed by atoms with Gasteiger partial charge in [0.2, 0.25) is 0 Å². The van der Waals surface area contributed by atoms with Crippen molar-refractivity contribution in [3.8, 4) is 0 Å². The van der Waals surface area contributed by atoms with Crippen LogP contribution < -0.4 is 5.32 Å². The summed E-state index contributed by atoms with van der Waals surface area (Å²) >= 11 is 0. The molecule has 0 saturated carbocycles. The largest absolute Gasteiger partial charge is 0.315 e. The van der Waals surface area contributed by atoms with Gasteiger partial charge in [-0.1, -0.05) is 0 Å². The molecule has 1 heterocycles. The van der Waals surface area contributed by atoms with Crippen molar-refractivity contribution >= 4 is 0 Å². The van der Waals surface area contributed by atoms with Crippen molar-refractivity contribution in [3.05, 3.63) is 18.0 Å². The summed E-state index contributed by atoms with van der Waals surface area (Å²) in [6.45, 7) is 4.26. The van der Waals surface area contributed by atoms with Crippen molar-refractivity contribution in [3.63, 3.8) is 0 Å². The first-order chi connectivity index (χ1) is 7.11. The highest BCUT2D eigenvalue weighted by Gasteiger charge is 2.03. The van der Waals surface area contributed by atoms with Crippen LogP contribution in [0.5, 0.6) is 0 Å². The molecule has 4 nitrogen and oxygen atoms in total. The summed E-state index contributed by atoms with van der Waals surface area (Å²) in [5, 5.41) is 7.59. The van der Waals surface area contributed by atoms with E-state index in [0.717, 1.165) is 19.5 Å². The molecule has 0 radical (unpaired) electrons. The highest BCUT2D eigenvalue weighted by molar-refractivity contribution is 5.00. The lowest BCUT2D eigenvalue weighted by Gasteiger charge is -2.19. The number of nitrogens with zero attached hydrogens (tertiary/aromatic N) is 3. The first-order valence-corrected chi connectivity index (χ1v) is 5.45. The van der Waals surface area contributed by atoms with Gasteiger partial charge in [0.05, 0.1) is 0 Å². The van der Waals surface area contributed by atoms with Gasteiger partial charge >= 0.3 is 0 Å². The first kappa shape index (κ1) is 12.2. The third kappa shape index (κ3) is 4.01. The smallest absolute Gasteiger partial charge is 0.0492 e. The Labute approximate surface area is 92.3 Å². The van der Waals surface area contributed by atoms with Crippen LogP contribution in [0.3, 0.4) is 0 Å². The minimum Gasteiger partial charge on any atom is -0.315 e. The van der Waals surface area contributed by atoms with Crippen LogP contribution in [0.25, 0.3) is 0 Å². The van der Waals surface area contributed by atoms with Crippen molar-refractivity contribution in [1.29, 1.82) is 0 Å². The molecule has 15 heavy (non-hydrogen) atoms. The lowest BCUT2D eigenvalue weighted by molar-refractivity contribution is 0.303. The van der Waals surface area contributed by atoms with Crippen LogP contribution in [0.1, 0.15) is 12.6 Å². The molecule has 1 N–H and O–H groups in total. The van der Waals surface area contributed by atoms with Gasteiger partial charge in [-0.2, -0.15) is 5.10 Å². The van der Waals surface area contributed by atoms with Gasteiger partial charge in [-0.3, -0.25) is 4.68 Å². The van der Waals surface area contributed by atoms with Gasteiger partial charge in [-0.25, -0.2) is 0 Å². The van der Waals surface area contributed by atoms with Gasteiger partial charge in [0.25, 0.3) is 0 Å². The van der Waals surface area contributed by atoms with Gasteiger partial charge in [0, 0.05) is 44.5 Å². The third-order valence-corrected chi connectivity index (χ3v) is 2.80. The van der Waals surface area contributed by atoms with Crippen LogP contribution in [0, 0.1) is 0 Å². The van der Waals surface area contributed by atoms with E-state index in [1.807, 2.05) is 17.9 Å². The zero-order valence-corrected chi connectivity index (χ0v) is 10.2. The number of hydrogen-bond acceptors (Lipinski definition) is 3. The fourth-order valence-corrected chi connectivity index (χ4v) is 1.36. The summed E-state index contributed by atoms with van der Waals surface area (Å²) < 4.78 is 1.93. The van der Waals surface area contributed by atoms with Crippen LogP contribution in [0.15, 0.2) is 12.3 Å². The van der Waals surface area contributed by atoms with E-state index in [1.165, 1.54) is 5.69 Å². The first-order valence-electron chi connectivity index (χ1n) is 5.45. The maximum absolute atomic E-state index is 4.14. The molecule has 0 aliphatic rings. The van der Waals surface area contributed by atoms with Crippen molar-refractivity contribution in [2.24, 2.45) is 7.05 Å². The van der Waals surface area contributed by atoms with Gasteiger partial charge in [-0.05, 0) is 27.1 Å². The Morgan fingerprint density at radius 1 is 1.53 bits per heavy atom. The predicted molar refractivity (Wildman–Crippen MR) is 62.9 cm³/mol. The number of hydrogen-bond donors (Lipinski definition) is 1. The Bertz CT molecular complexity index is 280. The van der Waals surface area contributed by atoms with Crippen LogP contribution in [0.2, 0.25) is 0 Å². The molecule has 1 rings (SSSR count). The molecule has 86 valence electrons. The van der Waals surface area contributed by atoms with Crippen LogP contribution in [-0.2, 0) is 13.5 Å². The zero-order valence-electron chi connectivity index (χ0n) is 10.2. The van der Waals surface area contributed by atoms with E-state index in [-0.39, 0.29) is 0 Å². The van der Waals surface area contributed by atoms with Crippen molar-refractivity contribution in [1.82, 2.24) is 20.0 Å². The summed E-state index contributed by atoms with van der Waals surface area (Å²) in [4.78, 5) is 2.22. The summed E-state index contributed by atoms with van der Waals surface area (Å²) in [5.41, 5.74) is 1.28. The number of likely N-dealkylation sites (N-methyl/N-ethyl adjacent to an activating group) is 1. The molecule has 0 aliphatic heterocycles. The Morgan fingerprint density at radius 2 is 2.27 bits per heavy atom. The molecule has 1 atom stereocenters. The molecule has 1 aromatic rings. The molecular formula is C11H22N4. The van der Waals surface area contributed by atoms with Crippen molar-refractivity contribution in [2.45, 2.75) is 19.4 Å². The Morgan fingerprint density at radius 3 is 2.80 bits per heavy atom. The summed E-state index contributed by atoms with van der Waals surface area (Å²) in [6, 6.07) is 2.65. The minimum atomic E-state index is 0.580. The van der Waals surface area contributed by atoms with E-state index in [9.17, 15) is 0 Å². The minimum absolute atomic E-state index is 0.580. The molecular weight excluding hydrogens is 188 g/mol. The Balaban J connectivity index is 2.15. The number of aryl methyl sites for hydroxylation is 1. The van der Waals surface area contributed by atoms with Gasteiger partial charge in [0.1, 0.15) is 0 Å². The topological polar surface area (TPSA) is 33.1 Å². The van der Waals surface area contributed by atoms with E-state index >= 15 is 0 Å². The second-order valence-electron chi connectivity index (χ2n) is 4.21. The van der Waals surface area contributed by atoms with E-state index < -0.39 is 0 Å². The van der Waals surface area contributed by atoms with Crippen LogP contribution in [-0.4, -0.2) is 47.9 Å². The highest BCUT2D eigenvalue weighted by Crippen LogP contribution is 1.96. The maximum atomic E-state index is 4.14. The second kappa shape index (κ2) is 5.88. The third-order valence-electron chi connectivity index (χ3n) is 2.80. The van der Waals surface area contributed by atoms with E-state index in [2.05, 4.69) is 42.4 Å². The quantitative estimate of drug-likeness (QED) is 0.694. The molecule has 0 aliphatic carbocycles. The van der Waals surface area contributed by atoms with Gasteiger partial charge < -0.3 is 10.2 Å². The summed E-state index contributed by atoms with van der Waals surface area (Å²) in [7, 11) is 6.19. The number of aromatic nitrogens is 2.